The van der Waals surface area contributed by atoms with E-state index in [0.29, 0.717) is 28.6 Å². The van der Waals surface area contributed by atoms with Gasteiger partial charge in [0.15, 0.2) is 11.5 Å². The maximum absolute atomic E-state index is 11.2. The lowest BCUT2D eigenvalue weighted by molar-refractivity contribution is 0.1000. The lowest BCUT2D eigenvalue weighted by atomic mass is 10.2. The van der Waals surface area contributed by atoms with Gasteiger partial charge in [0.1, 0.15) is 6.61 Å². The van der Waals surface area contributed by atoms with Crippen LogP contribution in [0.15, 0.2) is 59.4 Å². The Kier molecular flexibility index (Phi) is 4.14. The van der Waals surface area contributed by atoms with Crippen molar-refractivity contribution < 1.29 is 9.53 Å². The number of rotatable bonds is 5. The molecule has 29 heavy (non-hydrogen) atoms. The number of pyridine rings is 1. The highest BCUT2D eigenvalue weighted by Crippen LogP contribution is 2.29. The fourth-order valence-electron chi connectivity index (χ4n) is 3.03. The number of aromatic nitrogens is 5. The third-order valence-corrected chi connectivity index (χ3v) is 5.16. The van der Waals surface area contributed by atoms with Gasteiger partial charge in [0.25, 0.3) is 0 Å². The first-order chi connectivity index (χ1) is 14.2. The van der Waals surface area contributed by atoms with Gasteiger partial charge in [0.05, 0.1) is 11.3 Å². The zero-order chi connectivity index (χ0) is 19.8. The Morgan fingerprint density at radius 1 is 1.10 bits per heavy atom. The summed E-state index contributed by atoms with van der Waals surface area (Å²) in [6.07, 6.45) is 1.43. The quantitative estimate of drug-likeness (QED) is 0.484. The van der Waals surface area contributed by atoms with Gasteiger partial charge in [0.2, 0.25) is 11.8 Å². The van der Waals surface area contributed by atoms with Crippen LogP contribution in [0, 0.1) is 0 Å². The molecule has 0 aliphatic rings. The van der Waals surface area contributed by atoms with Gasteiger partial charge in [-0.1, -0.05) is 18.2 Å². The first kappa shape index (κ1) is 17.3. The molecule has 5 rings (SSSR count). The second-order valence-corrected chi connectivity index (χ2v) is 7.09. The summed E-state index contributed by atoms with van der Waals surface area (Å²) in [7, 11) is 0. The number of nitrogens with zero attached hydrogens (tertiary/aromatic N) is 5. The second-order valence-electron chi connectivity index (χ2n) is 6.31. The summed E-state index contributed by atoms with van der Waals surface area (Å²) in [5.74, 6) is 0.586. The summed E-state index contributed by atoms with van der Waals surface area (Å²) in [5, 5.41) is 19.0. The first-order valence-corrected chi connectivity index (χ1v) is 9.69. The van der Waals surface area contributed by atoms with Gasteiger partial charge in [0, 0.05) is 27.9 Å². The fraction of sp³-hybridized carbons (Fsp3) is 0.0500. The number of carbonyl (C=O) groups is 1. The van der Waals surface area contributed by atoms with Crippen molar-refractivity contribution in [1.29, 1.82) is 0 Å². The lowest BCUT2D eigenvalue weighted by Crippen LogP contribution is -2.11. The van der Waals surface area contributed by atoms with E-state index in [9.17, 15) is 4.79 Å². The van der Waals surface area contributed by atoms with Crippen LogP contribution in [-0.4, -0.2) is 30.7 Å². The van der Waals surface area contributed by atoms with E-state index in [1.54, 1.807) is 28.0 Å². The largest absolute Gasteiger partial charge is 0.470 e. The fourth-order valence-corrected chi connectivity index (χ4v) is 3.66. The summed E-state index contributed by atoms with van der Waals surface area (Å²) in [6.45, 7) is 0.192. The molecular formula is C20H14N6O2S. The van der Waals surface area contributed by atoms with E-state index < -0.39 is 5.91 Å². The van der Waals surface area contributed by atoms with Crippen molar-refractivity contribution in [2.75, 3.05) is 0 Å². The van der Waals surface area contributed by atoms with Gasteiger partial charge in [-0.3, -0.25) is 9.78 Å². The van der Waals surface area contributed by atoms with Crippen molar-refractivity contribution >= 4 is 33.7 Å². The number of fused-ring (bicyclic) bond motifs is 3. The van der Waals surface area contributed by atoms with Gasteiger partial charge in [-0.25, -0.2) is 0 Å². The summed E-state index contributed by atoms with van der Waals surface area (Å²) in [6, 6.07) is 13.1. The number of amides is 1. The minimum absolute atomic E-state index is 0.192. The van der Waals surface area contributed by atoms with E-state index >= 15 is 0 Å². The molecule has 0 aliphatic carbocycles. The van der Waals surface area contributed by atoms with Crippen LogP contribution in [0.25, 0.3) is 27.8 Å². The number of hydrogen-bond acceptors (Lipinski definition) is 7. The zero-order valence-electron chi connectivity index (χ0n) is 15.0. The molecule has 0 bridgehead atoms. The predicted molar refractivity (Wildman–Crippen MR) is 109 cm³/mol. The van der Waals surface area contributed by atoms with Crippen LogP contribution >= 0.6 is 11.3 Å². The van der Waals surface area contributed by atoms with E-state index in [2.05, 4.69) is 20.3 Å². The van der Waals surface area contributed by atoms with Gasteiger partial charge >= 0.3 is 0 Å². The molecular weight excluding hydrogens is 388 g/mol. The van der Waals surface area contributed by atoms with Crippen LogP contribution in [0.3, 0.4) is 0 Å². The van der Waals surface area contributed by atoms with E-state index in [-0.39, 0.29) is 6.61 Å². The maximum atomic E-state index is 11.2. The molecule has 1 amide bonds. The monoisotopic (exact) mass is 402 g/mol. The van der Waals surface area contributed by atoms with Crippen LogP contribution in [0.4, 0.5) is 0 Å². The van der Waals surface area contributed by atoms with E-state index in [4.69, 9.17) is 10.5 Å². The van der Waals surface area contributed by atoms with Crippen molar-refractivity contribution in [2.45, 2.75) is 6.61 Å². The summed E-state index contributed by atoms with van der Waals surface area (Å²) >= 11 is 1.58. The molecule has 0 spiro atoms. The standard InChI is InChI=1S/C20H14N6O2S/c21-17(27)12-5-6-14(22-9-12)10-28-20-16-4-2-1-3-15(16)19-24-23-18(26(19)25-20)13-7-8-29-11-13/h1-9,11H,10H2,(H2,21,27). The third kappa shape index (κ3) is 3.07. The minimum Gasteiger partial charge on any atom is -0.470 e. The Hall–Kier alpha value is -3.85. The highest BCUT2D eigenvalue weighted by molar-refractivity contribution is 7.08. The highest BCUT2D eigenvalue weighted by atomic mass is 32.1. The Labute approximate surface area is 168 Å². The number of ether oxygens (including phenoxy) is 1. The Bertz CT molecular complexity index is 1330. The molecule has 1 aromatic carbocycles. The van der Waals surface area contributed by atoms with Gasteiger partial charge in [-0.15, -0.1) is 15.3 Å². The van der Waals surface area contributed by atoms with Crippen molar-refractivity contribution in [3.63, 3.8) is 0 Å². The van der Waals surface area contributed by atoms with Crippen molar-refractivity contribution in [2.24, 2.45) is 5.73 Å². The average Bonchev–Trinajstić information content (AvgIpc) is 3.42. The maximum Gasteiger partial charge on any atom is 0.250 e. The molecule has 0 fully saturated rings. The highest BCUT2D eigenvalue weighted by Gasteiger charge is 2.16. The number of nitrogens with two attached hydrogens (primary N) is 1. The molecule has 5 aromatic rings. The molecule has 0 unspecified atom stereocenters. The van der Waals surface area contributed by atoms with Crippen molar-refractivity contribution in [3.05, 3.63) is 70.7 Å². The predicted octanol–water partition coefficient (Wildman–Crippen LogP) is 3.08. The lowest BCUT2D eigenvalue weighted by Gasteiger charge is -2.09. The topological polar surface area (TPSA) is 108 Å². The SMILES string of the molecule is NC(=O)c1ccc(COc2nn3c(-c4ccsc4)nnc3c3ccccc23)nc1. The van der Waals surface area contributed by atoms with Crippen LogP contribution in [0.2, 0.25) is 0 Å². The van der Waals surface area contributed by atoms with Crippen LogP contribution in [-0.2, 0) is 6.61 Å². The summed E-state index contributed by atoms with van der Waals surface area (Å²) in [4.78, 5) is 15.4. The van der Waals surface area contributed by atoms with E-state index in [1.165, 1.54) is 6.20 Å². The van der Waals surface area contributed by atoms with Crippen LogP contribution < -0.4 is 10.5 Å². The van der Waals surface area contributed by atoms with Crippen molar-refractivity contribution in [3.8, 4) is 17.3 Å². The normalized spacial score (nSPS) is 11.2. The van der Waals surface area contributed by atoms with Crippen LogP contribution in [0.1, 0.15) is 16.1 Å². The molecule has 9 heteroatoms. The minimum atomic E-state index is -0.517. The Morgan fingerprint density at radius 3 is 2.69 bits per heavy atom. The average molecular weight is 402 g/mol. The Balaban J connectivity index is 1.56. The zero-order valence-corrected chi connectivity index (χ0v) is 15.8. The molecule has 0 radical (unpaired) electrons. The number of hydrogen-bond donors (Lipinski definition) is 1. The molecule has 4 aromatic heterocycles. The summed E-state index contributed by atoms with van der Waals surface area (Å²) < 4.78 is 7.69. The smallest absolute Gasteiger partial charge is 0.250 e. The number of thiophene rings is 1. The molecule has 8 nitrogen and oxygen atoms in total. The van der Waals surface area contributed by atoms with Gasteiger partial charge < -0.3 is 10.5 Å². The molecule has 0 atom stereocenters. The van der Waals surface area contributed by atoms with Crippen LogP contribution in [0.5, 0.6) is 5.88 Å². The molecule has 0 aliphatic heterocycles. The van der Waals surface area contributed by atoms with E-state index in [1.807, 2.05) is 41.1 Å². The van der Waals surface area contributed by atoms with E-state index in [0.717, 1.165) is 16.3 Å². The molecule has 2 N–H and O–H groups in total. The number of carbonyl (C=O) groups excluding carboxylic acids is 1. The second kappa shape index (κ2) is 6.95. The van der Waals surface area contributed by atoms with Crippen molar-refractivity contribution in [1.82, 2.24) is 24.8 Å². The molecule has 142 valence electrons. The van der Waals surface area contributed by atoms with Gasteiger partial charge in [-0.05, 0) is 29.6 Å². The third-order valence-electron chi connectivity index (χ3n) is 4.48. The number of primary amides is 1. The first-order valence-electron chi connectivity index (χ1n) is 8.75. The Morgan fingerprint density at radius 2 is 1.97 bits per heavy atom. The molecule has 0 saturated heterocycles. The summed E-state index contributed by atoms with van der Waals surface area (Å²) in [5.41, 5.74) is 7.87. The number of benzene rings is 1. The van der Waals surface area contributed by atoms with Gasteiger partial charge in [-0.2, -0.15) is 15.9 Å². The molecule has 4 heterocycles. The molecule has 0 saturated carbocycles.